The summed E-state index contributed by atoms with van der Waals surface area (Å²) in [5.41, 5.74) is 1.17. The molecule has 0 amide bonds. The third kappa shape index (κ3) is 2.25. The van der Waals surface area contributed by atoms with Gasteiger partial charge < -0.3 is 9.15 Å². The molecule has 1 aliphatic rings. The Labute approximate surface area is 116 Å². The second-order valence-corrected chi connectivity index (χ2v) is 4.88. The summed E-state index contributed by atoms with van der Waals surface area (Å²) in [6.07, 6.45) is 0.830. The monoisotopic (exact) mass is 270 g/mol. The van der Waals surface area contributed by atoms with Crippen molar-refractivity contribution in [3.63, 3.8) is 0 Å². The fraction of sp³-hybridized carbons (Fsp3) is 0.250. The standard InChI is InChI=1S/C16H14O4/c1-19-16(18)14-8-7-13(20-14)15(17)12-9-11(12)10-5-3-2-4-6-10/h2-8,11-12H,9H2,1H3. The summed E-state index contributed by atoms with van der Waals surface area (Å²) in [6, 6.07) is 13.0. The lowest BCUT2D eigenvalue weighted by Gasteiger charge is -1.98. The lowest BCUT2D eigenvalue weighted by molar-refractivity contribution is 0.0563. The summed E-state index contributed by atoms with van der Waals surface area (Å²) in [6.45, 7) is 0. The molecule has 2 aromatic rings. The molecule has 1 fully saturated rings. The fourth-order valence-corrected chi connectivity index (χ4v) is 2.42. The summed E-state index contributed by atoms with van der Waals surface area (Å²) < 4.78 is 9.81. The van der Waals surface area contributed by atoms with Gasteiger partial charge in [0.25, 0.3) is 0 Å². The van der Waals surface area contributed by atoms with Crippen LogP contribution in [-0.4, -0.2) is 18.9 Å². The van der Waals surface area contributed by atoms with Gasteiger partial charge in [0.15, 0.2) is 5.76 Å². The molecular weight excluding hydrogens is 256 g/mol. The van der Waals surface area contributed by atoms with Gasteiger partial charge in [-0.1, -0.05) is 30.3 Å². The first-order chi connectivity index (χ1) is 9.70. The van der Waals surface area contributed by atoms with E-state index < -0.39 is 5.97 Å². The van der Waals surface area contributed by atoms with E-state index in [-0.39, 0.29) is 29.1 Å². The molecule has 0 saturated heterocycles. The number of ether oxygens (including phenoxy) is 1. The van der Waals surface area contributed by atoms with E-state index in [1.807, 2.05) is 30.3 Å². The highest BCUT2D eigenvalue weighted by molar-refractivity contribution is 5.99. The molecule has 0 aliphatic heterocycles. The van der Waals surface area contributed by atoms with Crippen molar-refractivity contribution in [1.29, 1.82) is 0 Å². The SMILES string of the molecule is COC(=O)c1ccc(C(=O)C2CC2c2ccccc2)o1. The van der Waals surface area contributed by atoms with E-state index in [1.165, 1.54) is 24.8 Å². The minimum absolute atomic E-state index is 0.0472. The van der Waals surface area contributed by atoms with Gasteiger partial charge in [-0.3, -0.25) is 4.79 Å². The Kier molecular flexibility index (Phi) is 3.14. The molecule has 102 valence electrons. The van der Waals surface area contributed by atoms with Gasteiger partial charge in [0.1, 0.15) is 0 Å². The number of ketones is 1. The van der Waals surface area contributed by atoms with Gasteiger partial charge in [0.2, 0.25) is 11.5 Å². The zero-order valence-corrected chi connectivity index (χ0v) is 11.0. The Morgan fingerprint density at radius 3 is 2.50 bits per heavy atom. The lowest BCUT2D eigenvalue weighted by atomic mass is 10.1. The highest BCUT2D eigenvalue weighted by Gasteiger charge is 2.45. The van der Waals surface area contributed by atoms with Crippen LogP contribution in [0.1, 0.15) is 39.0 Å². The fourth-order valence-electron chi connectivity index (χ4n) is 2.42. The van der Waals surface area contributed by atoms with Crippen LogP contribution in [0.4, 0.5) is 0 Å². The molecular formula is C16H14O4. The number of methoxy groups -OCH3 is 1. The maximum Gasteiger partial charge on any atom is 0.373 e. The van der Waals surface area contributed by atoms with Crippen LogP contribution in [0.3, 0.4) is 0 Å². The van der Waals surface area contributed by atoms with Crippen LogP contribution in [0.2, 0.25) is 0 Å². The predicted molar refractivity (Wildman–Crippen MR) is 71.7 cm³/mol. The number of hydrogen-bond acceptors (Lipinski definition) is 4. The highest BCUT2D eigenvalue weighted by atomic mass is 16.5. The summed E-state index contributed by atoms with van der Waals surface area (Å²) in [4.78, 5) is 23.6. The first-order valence-electron chi connectivity index (χ1n) is 6.48. The molecule has 0 N–H and O–H groups in total. The molecule has 0 radical (unpaired) electrons. The summed E-state index contributed by atoms with van der Waals surface area (Å²) in [5, 5.41) is 0. The summed E-state index contributed by atoms with van der Waals surface area (Å²) >= 11 is 0. The molecule has 1 aromatic heterocycles. The van der Waals surface area contributed by atoms with Gasteiger partial charge in [-0.25, -0.2) is 4.79 Å². The molecule has 20 heavy (non-hydrogen) atoms. The van der Waals surface area contributed by atoms with Gasteiger partial charge in [0.05, 0.1) is 7.11 Å². The van der Waals surface area contributed by atoms with E-state index in [2.05, 4.69) is 4.74 Å². The molecule has 0 bridgehead atoms. The highest BCUT2D eigenvalue weighted by Crippen LogP contribution is 2.49. The van der Waals surface area contributed by atoms with Crippen LogP contribution < -0.4 is 0 Å². The molecule has 1 aromatic carbocycles. The zero-order valence-electron chi connectivity index (χ0n) is 11.0. The van der Waals surface area contributed by atoms with E-state index in [4.69, 9.17) is 4.42 Å². The average molecular weight is 270 g/mol. The maximum absolute atomic E-state index is 12.3. The lowest BCUT2D eigenvalue weighted by Crippen LogP contribution is -2.02. The Morgan fingerprint density at radius 2 is 1.80 bits per heavy atom. The van der Waals surface area contributed by atoms with Gasteiger partial charge >= 0.3 is 5.97 Å². The number of benzene rings is 1. The number of carbonyl (C=O) groups is 2. The van der Waals surface area contributed by atoms with E-state index in [0.29, 0.717) is 0 Å². The molecule has 2 unspecified atom stereocenters. The van der Waals surface area contributed by atoms with Crippen molar-refractivity contribution in [2.45, 2.75) is 12.3 Å². The van der Waals surface area contributed by atoms with Crippen molar-refractivity contribution in [3.05, 3.63) is 59.5 Å². The van der Waals surface area contributed by atoms with E-state index in [0.717, 1.165) is 6.42 Å². The number of hydrogen-bond donors (Lipinski definition) is 0. The molecule has 1 aliphatic carbocycles. The van der Waals surface area contributed by atoms with Crippen LogP contribution in [0.5, 0.6) is 0 Å². The van der Waals surface area contributed by atoms with E-state index >= 15 is 0 Å². The maximum atomic E-state index is 12.3. The quantitative estimate of drug-likeness (QED) is 0.633. The van der Waals surface area contributed by atoms with Gasteiger partial charge in [-0.05, 0) is 30.0 Å². The van der Waals surface area contributed by atoms with Crippen molar-refractivity contribution >= 4 is 11.8 Å². The number of esters is 1. The molecule has 4 nitrogen and oxygen atoms in total. The Bertz CT molecular complexity index is 642. The Balaban J connectivity index is 1.72. The molecule has 1 heterocycles. The van der Waals surface area contributed by atoms with E-state index in [1.54, 1.807) is 0 Å². The Morgan fingerprint density at radius 1 is 1.10 bits per heavy atom. The van der Waals surface area contributed by atoms with Crippen molar-refractivity contribution in [2.24, 2.45) is 5.92 Å². The van der Waals surface area contributed by atoms with Crippen LogP contribution in [-0.2, 0) is 4.74 Å². The summed E-state index contributed by atoms with van der Waals surface area (Å²) in [7, 11) is 1.28. The third-order valence-corrected chi connectivity index (χ3v) is 3.59. The van der Waals surface area contributed by atoms with Crippen molar-refractivity contribution in [2.75, 3.05) is 7.11 Å². The number of Topliss-reactive ketones (excluding diaryl/α,β-unsaturated/α-hetero) is 1. The largest absolute Gasteiger partial charge is 0.463 e. The molecule has 3 rings (SSSR count). The third-order valence-electron chi connectivity index (χ3n) is 3.59. The smallest absolute Gasteiger partial charge is 0.373 e. The van der Waals surface area contributed by atoms with Crippen LogP contribution in [0.15, 0.2) is 46.9 Å². The minimum atomic E-state index is -0.570. The normalized spacial score (nSPS) is 20.4. The molecule has 0 spiro atoms. The number of rotatable bonds is 4. The van der Waals surface area contributed by atoms with Crippen molar-refractivity contribution in [1.82, 2.24) is 0 Å². The number of furan rings is 1. The minimum Gasteiger partial charge on any atom is -0.463 e. The first kappa shape index (κ1) is 12.7. The van der Waals surface area contributed by atoms with Gasteiger partial charge in [-0.2, -0.15) is 0 Å². The topological polar surface area (TPSA) is 56.5 Å². The predicted octanol–water partition coefficient (Wildman–Crippen LogP) is 3.05. The average Bonchev–Trinajstić information content (AvgIpc) is 3.15. The second-order valence-electron chi connectivity index (χ2n) is 4.88. The zero-order chi connectivity index (χ0) is 14.1. The van der Waals surface area contributed by atoms with Crippen LogP contribution in [0.25, 0.3) is 0 Å². The molecule has 2 atom stereocenters. The van der Waals surface area contributed by atoms with Crippen LogP contribution >= 0.6 is 0 Å². The molecule has 1 saturated carbocycles. The van der Waals surface area contributed by atoms with Crippen LogP contribution in [0, 0.1) is 5.92 Å². The van der Waals surface area contributed by atoms with Crippen molar-refractivity contribution < 1.29 is 18.7 Å². The van der Waals surface area contributed by atoms with Crippen molar-refractivity contribution in [3.8, 4) is 0 Å². The van der Waals surface area contributed by atoms with Gasteiger partial charge in [-0.15, -0.1) is 0 Å². The van der Waals surface area contributed by atoms with E-state index in [9.17, 15) is 9.59 Å². The molecule has 4 heteroatoms. The number of carbonyl (C=O) groups excluding carboxylic acids is 2. The van der Waals surface area contributed by atoms with Gasteiger partial charge in [0, 0.05) is 5.92 Å². The second kappa shape index (κ2) is 4.96. The Hall–Kier alpha value is -2.36. The first-order valence-corrected chi connectivity index (χ1v) is 6.48. The summed E-state index contributed by atoms with van der Waals surface area (Å²) in [5.74, 6) is -0.112.